The summed E-state index contributed by atoms with van der Waals surface area (Å²) >= 11 is 0. The Morgan fingerprint density at radius 3 is 1.79 bits per heavy atom. The van der Waals surface area contributed by atoms with Crippen molar-refractivity contribution in [3.63, 3.8) is 0 Å². The van der Waals surface area contributed by atoms with Crippen molar-refractivity contribution in [2.75, 3.05) is 19.6 Å². The van der Waals surface area contributed by atoms with Crippen LogP contribution in [-0.2, 0) is 9.09 Å². The van der Waals surface area contributed by atoms with Gasteiger partial charge in [0.2, 0.25) is 6.23 Å². The molecule has 0 aromatic rings. The Labute approximate surface area is 85.5 Å². The number of nitrogens with zero attached hydrogens (tertiary/aromatic N) is 1. The highest BCUT2D eigenvalue weighted by molar-refractivity contribution is 7.46. The van der Waals surface area contributed by atoms with Crippen LogP contribution in [0, 0.1) is 0 Å². The molecule has 0 aliphatic carbocycles. The van der Waals surface area contributed by atoms with E-state index in [0.717, 1.165) is 19.6 Å². The standard InChI is InChI=1S/C8H20NO4P/c1-5-9(6-2,7-3)8(4)13-14(10,11)12/h8H,5-7H2,1-4H3,(H-,10,11,12)/p+1. The molecule has 5 nitrogen and oxygen atoms in total. The second-order valence-electron chi connectivity index (χ2n) is 3.36. The van der Waals surface area contributed by atoms with Gasteiger partial charge in [0.05, 0.1) is 19.6 Å². The Morgan fingerprint density at radius 2 is 1.57 bits per heavy atom. The summed E-state index contributed by atoms with van der Waals surface area (Å²) in [7, 11) is -4.37. The lowest BCUT2D eigenvalue weighted by molar-refractivity contribution is -0.962. The molecular weight excluding hydrogens is 205 g/mol. The number of phosphoric ester groups is 1. The fourth-order valence-electron chi connectivity index (χ4n) is 1.74. The zero-order valence-electron chi connectivity index (χ0n) is 9.30. The van der Waals surface area contributed by atoms with E-state index in [1.807, 2.05) is 20.8 Å². The van der Waals surface area contributed by atoms with Crippen LogP contribution in [-0.4, -0.2) is 40.1 Å². The summed E-state index contributed by atoms with van der Waals surface area (Å²) in [6.07, 6.45) is -0.476. The van der Waals surface area contributed by atoms with Gasteiger partial charge in [0.25, 0.3) is 0 Å². The number of rotatable bonds is 6. The van der Waals surface area contributed by atoms with Gasteiger partial charge in [-0.15, -0.1) is 0 Å². The normalized spacial score (nSPS) is 15.6. The van der Waals surface area contributed by atoms with Crippen molar-refractivity contribution in [1.29, 1.82) is 0 Å². The highest BCUT2D eigenvalue weighted by atomic mass is 31.2. The van der Waals surface area contributed by atoms with Crippen molar-refractivity contribution in [3.8, 4) is 0 Å². The molecule has 86 valence electrons. The number of quaternary nitrogens is 1. The van der Waals surface area contributed by atoms with Gasteiger partial charge in [0.1, 0.15) is 0 Å². The van der Waals surface area contributed by atoms with E-state index in [4.69, 9.17) is 14.3 Å². The summed E-state index contributed by atoms with van der Waals surface area (Å²) in [6, 6.07) is 0. The van der Waals surface area contributed by atoms with E-state index in [0.29, 0.717) is 4.48 Å². The topological polar surface area (TPSA) is 66.8 Å². The predicted molar refractivity (Wildman–Crippen MR) is 54.5 cm³/mol. The van der Waals surface area contributed by atoms with Crippen molar-refractivity contribution in [2.45, 2.75) is 33.9 Å². The minimum Gasteiger partial charge on any atom is -0.303 e. The molecule has 2 N–H and O–H groups in total. The van der Waals surface area contributed by atoms with Crippen LogP contribution in [0.4, 0.5) is 0 Å². The maximum atomic E-state index is 10.7. The van der Waals surface area contributed by atoms with Crippen LogP contribution >= 0.6 is 7.82 Å². The molecule has 0 rings (SSSR count). The third-order valence-corrected chi connectivity index (χ3v) is 3.53. The first kappa shape index (κ1) is 14.1. The Morgan fingerprint density at radius 1 is 1.21 bits per heavy atom. The molecule has 0 amide bonds. The molecule has 1 unspecified atom stereocenters. The quantitative estimate of drug-likeness (QED) is 0.407. The number of hydrogen-bond donors (Lipinski definition) is 2. The predicted octanol–water partition coefficient (Wildman–Crippen LogP) is 1.32. The second kappa shape index (κ2) is 5.24. The maximum Gasteiger partial charge on any atom is 0.474 e. The summed E-state index contributed by atoms with van der Waals surface area (Å²) < 4.78 is 16.0. The van der Waals surface area contributed by atoms with E-state index < -0.39 is 14.1 Å². The Hall–Kier alpha value is 0.0700. The van der Waals surface area contributed by atoms with Gasteiger partial charge in [0.15, 0.2) is 0 Å². The van der Waals surface area contributed by atoms with Crippen molar-refractivity contribution in [1.82, 2.24) is 0 Å². The maximum absolute atomic E-state index is 10.7. The molecule has 6 heteroatoms. The van der Waals surface area contributed by atoms with Gasteiger partial charge in [0, 0.05) is 6.92 Å². The van der Waals surface area contributed by atoms with Crippen molar-refractivity contribution >= 4 is 7.82 Å². The summed E-state index contributed by atoms with van der Waals surface area (Å²) in [5, 5.41) is 0. The van der Waals surface area contributed by atoms with Crippen LogP contribution in [0.1, 0.15) is 27.7 Å². The monoisotopic (exact) mass is 226 g/mol. The van der Waals surface area contributed by atoms with Crippen LogP contribution in [0.25, 0.3) is 0 Å². The zero-order valence-corrected chi connectivity index (χ0v) is 10.2. The first-order valence-electron chi connectivity index (χ1n) is 4.91. The molecule has 0 bridgehead atoms. The minimum atomic E-state index is -4.37. The van der Waals surface area contributed by atoms with Crippen molar-refractivity contribution in [3.05, 3.63) is 0 Å². The van der Waals surface area contributed by atoms with Gasteiger partial charge >= 0.3 is 7.82 Å². The molecule has 0 aromatic heterocycles. The lowest BCUT2D eigenvalue weighted by atomic mass is 10.3. The van der Waals surface area contributed by atoms with E-state index in [9.17, 15) is 4.57 Å². The second-order valence-corrected chi connectivity index (χ2v) is 4.55. The van der Waals surface area contributed by atoms with E-state index in [1.54, 1.807) is 6.92 Å². The Balaban J connectivity index is 4.60. The molecule has 14 heavy (non-hydrogen) atoms. The summed E-state index contributed by atoms with van der Waals surface area (Å²) in [4.78, 5) is 17.4. The van der Waals surface area contributed by atoms with Crippen molar-refractivity contribution in [2.24, 2.45) is 0 Å². The smallest absolute Gasteiger partial charge is 0.303 e. The molecule has 0 saturated heterocycles. The van der Waals surface area contributed by atoms with Crippen LogP contribution in [0.3, 0.4) is 0 Å². The van der Waals surface area contributed by atoms with Crippen LogP contribution in [0.2, 0.25) is 0 Å². The van der Waals surface area contributed by atoms with E-state index in [1.165, 1.54) is 0 Å². The Bertz CT molecular complexity index is 203. The third kappa shape index (κ3) is 3.67. The number of phosphoric acid groups is 1. The van der Waals surface area contributed by atoms with Gasteiger partial charge in [-0.2, -0.15) is 0 Å². The van der Waals surface area contributed by atoms with Crippen LogP contribution < -0.4 is 0 Å². The van der Waals surface area contributed by atoms with Gasteiger partial charge in [-0.1, -0.05) is 0 Å². The van der Waals surface area contributed by atoms with Gasteiger partial charge in [-0.25, -0.2) is 9.09 Å². The number of hydrogen-bond acceptors (Lipinski definition) is 2. The van der Waals surface area contributed by atoms with Gasteiger partial charge in [-0.05, 0) is 20.8 Å². The van der Waals surface area contributed by atoms with Crippen LogP contribution in [0.5, 0.6) is 0 Å². The van der Waals surface area contributed by atoms with E-state index in [2.05, 4.69) is 0 Å². The summed E-state index contributed by atoms with van der Waals surface area (Å²) in [5.41, 5.74) is 0. The summed E-state index contributed by atoms with van der Waals surface area (Å²) in [5.74, 6) is 0. The highest BCUT2D eigenvalue weighted by Gasteiger charge is 2.34. The first-order valence-corrected chi connectivity index (χ1v) is 6.44. The fourth-order valence-corrected chi connectivity index (χ4v) is 2.34. The third-order valence-electron chi connectivity index (χ3n) is 2.95. The molecule has 0 spiro atoms. The average Bonchev–Trinajstić information content (AvgIpc) is 2.05. The lowest BCUT2D eigenvalue weighted by Crippen LogP contribution is -2.54. The SMILES string of the molecule is CC[N+](CC)(CC)C(C)OP(=O)(O)O. The molecule has 0 saturated carbocycles. The molecule has 0 radical (unpaired) electrons. The molecular formula is C8H21NO4P+. The van der Waals surface area contributed by atoms with Gasteiger partial charge in [-0.3, -0.25) is 4.48 Å². The molecule has 0 aromatic carbocycles. The zero-order chi connectivity index (χ0) is 11.4. The molecule has 0 aliphatic rings. The largest absolute Gasteiger partial charge is 0.474 e. The van der Waals surface area contributed by atoms with Crippen molar-refractivity contribution < 1.29 is 23.4 Å². The minimum absolute atomic E-state index is 0.476. The fraction of sp³-hybridized carbons (Fsp3) is 1.00. The summed E-state index contributed by atoms with van der Waals surface area (Å²) in [6.45, 7) is 10.1. The van der Waals surface area contributed by atoms with Crippen LogP contribution in [0.15, 0.2) is 0 Å². The van der Waals surface area contributed by atoms with Gasteiger partial charge < -0.3 is 9.79 Å². The molecule has 0 heterocycles. The first-order chi connectivity index (χ1) is 6.31. The van der Waals surface area contributed by atoms with E-state index in [-0.39, 0.29) is 0 Å². The highest BCUT2D eigenvalue weighted by Crippen LogP contribution is 2.39. The molecule has 0 fully saturated rings. The Kier molecular flexibility index (Phi) is 5.26. The van der Waals surface area contributed by atoms with E-state index >= 15 is 0 Å². The average molecular weight is 226 g/mol. The molecule has 1 atom stereocenters. The lowest BCUT2D eigenvalue weighted by Gasteiger charge is -2.40. The molecule has 0 aliphatic heterocycles.